The molecule has 0 aliphatic rings. The Morgan fingerprint density at radius 2 is 2.06 bits per heavy atom. The van der Waals surface area contributed by atoms with Crippen molar-refractivity contribution in [2.24, 2.45) is 0 Å². The highest BCUT2D eigenvalue weighted by molar-refractivity contribution is 5.78. The molecule has 16 heavy (non-hydrogen) atoms. The van der Waals surface area contributed by atoms with Crippen LogP contribution in [0, 0.1) is 0 Å². The van der Waals surface area contributed by atoms with Gasteiger partial charge in [-0.15, -0.1) is 0 Å². The summed E-state index contributed by atoms with van der Waals surface area (Å²) >= 11 is 0. The molecule has 0 heterocycles. The summed E-state index contributed by atoms with van der Waals surface area (Å²) in [6, 6.07) is 7.31. The lowest BCUT2D eigenvalue weighted by Crippen LogP contribution is -2.19. The van der Waals surface area contributed by atoms with Gasteiger partial charge in [0.2, 0.25) is 0 Å². The van der Waals surface area contributed by atoms with Crippen molar-refractivity contribution >= 4 is 5.97 Å². The van der Waals surface area contributed by atoms with E-state index in [1.165, 1.54) is 7.11 Å². The summed E-state index contributed by atoms with van der Waals surface area (Å²) in [5.74, 6) is -0.0114. The molecule has 0 spiro atoms. The molecule has 0 aromatic heterocycles. The number of rotatable bonds is 5. The highest BCUT2D eigenvalue weighted by Crippen LogP contribution is 2.22. The topological polar surface area (TPSA) is 44.8 Å². The third-order valence-electron chi connectivity index (χ3n) is 2.32. The van der Waals surface area contributed by atoms with E-state index in [1.807, 2.05) is 18.2 Å². The van der Waals surface area contributed by atoms with Crippen LogP contribution in [0.1, 0.15) is 11.5 Å². The minimum absolute atomic E-state index is 0.292. The minimum atomic E-state index is -0.412. The fourth-order valence-electron chi connectivity index (χ4n) is 1.47. The van der Waals surface area contributed by atoms with Crippen molar-refractivity contribution in [1.82, 2.24) is 0 Å². The summed E-state index contributed by atoms with van der Waals surface area (Å²) in [6.07, 6.45) is 0. The molecule has 0 saturated carbocycles. The fourth-order valence-corrected chi connectivity index (χ4v) is 1.47. The average Bonchev–Trinajstić information content (AvgIpc) is 2.35. The average molecular weight is 224 g/mol. The first-order valence-electron chi connectivity index (χ1n) is 4.93. The lowest BCUT2D eigenvalue weighted by Gasteiger charge is -2.14. The quantitative estimate of drug-likeness (QED) is 0.712. The molecule has 0 bridgehead atoms. The molecule has 0 radical (unpaired) electrons. The Morgan fingerprint density at radius 1 is 1.31 bits per heavy atom. The molecule has 1 rings (SSSR count). The maximum Gasteiger partial charge on any atom is 0.315 e. The highest BCUT2D eigenvalue weighted by Gasteiger charge is 2.21. The van der Waals surface area contributed by atoms with Crippen LogP contribution in [0.2, 0.25) is 0 Å². The predicted octanol–water partition coefficient (Wildman–Crippen LogP) is 1.60. The number of esters is 1. The van der Waals surface area contributed by atoms with Gasteiger partial charge in [0.25, 0.3) is 0 Å². The van der Waals surface area contributed by atoms with Crippen LogP contribution >= 0.6 is 0 Å². The van der Waals surface area contributed by atoms with E-state index >= 15 is 0 Å². The summed E-state index contributed by atoms with van der Waals surface area (Å²) < 4.78 is 14.8. The Labute approximate surface area is 95.1 Å². The number of ether oxygens (including phenoxy) is 3. The molecule has 0 aliphatic carbocycles. The maximum absolute atomic E-state index is 11.6. The molecule has 1 atom stereocenters. The molecule has 1 aromatic rings. The largest absolute Gasteiger partial charge is 0.497 e. The van der Waals surface area contributed by atoms with E-state index in [2.05, 4.69) is 0 Å². The fraction of sp³-hybridized carbons (Fsp3) is 0.417. The van der Waals surface area contributed by atoms with Crippen molar-refractivity contribution in [2.75, 3.05) is 27.9 Å². The highest BCUT2D eigenvalue weighted by atomic mass is 16.5. The second-order valence-electron chi connectivity index (χ2n) is 3.31. The van der Waals surface area contributed by atoms with Gasteiger partial charge in [-0.25, -0.2) is 0 Å². The lowest BCUT2D eigenvalue weighted by molar-refractivity contribution is -0.143. The van der Waals surface area contributed by atoms with E-state index in [0.29, 0.717) is 12.4 Å². The third-order valence-corrected chi connectivity index (χ3v) is 2.32. The first-order valence-corrected chi connectivity index (χ1v) is 4.93. The van der Waals surface area contributed by atoms with E-state index in [-0.39, 0.29) is 5.97 Å². The standard InChI is InChI=1S/C12H16O4/c1-14-8-11(12(13)16-3)9-5-4-6-10(7-9)15-2/h4-7,11H,8H2,1-3H3. The van der Waals surface area contributed by atoms with Gasteiger partial charge >= 0.3 is 5.97 Å². The van der Waals surface area contributed by atoms with Crippen LogP contribution in [0.25, 0.3) is 0 Å². The molecule has 0 saturated heterocycles. The van der Waals surface area contributed by atoms with E-state index in [1.54, 1.807) is 20.3 Å². The molecule has 0 fully saturated rings. The predicted molar refractivity (Wildman–Crippen MR) is 59.6 cm³/mol. The maximum atomic E-state index is 11.6. The Bertz CT molecular complexity index is 349. The van der Waals surface area contributed by atoms with Crippen molar-refractivity contribution in [3.63, 3.8) is 0 Å². The number of carbonyl (C=O) groups excluding carboxylic acids is 1. The van der Waals surface area contributed by atoms with Gasteiger partial charge in [-0.3, -0.25) is 4.79 Å². The zero-order valence-electron chi connectivity index (χ0n) is 9.73. The van der Waals surface area contributed by atoms with Gasteiger partial charge < -0.3 is 14.2 Å². The SMILES string of the molecule is COCC(C(=O)OC)c1cccc(OC)c1. The number of carbonyl (C=O) groups is 1. The van der Waals surface area contributed by atoms with E-state index < -0.39 is 5.92 Å². The van der Waals surface area contributed by atoms with E-state index in [4.69, 9.17) is 14.2 Å². The monoisotopic (exact) mass is 224 g/mol. The minimum Gasteiger partial charge on any atom is -0.497 e. The van der Waals surface area contributed by atoms with Crippen LogP contribution in [0.4, 0.5) is 0 Å². The first kappa shape index (κ1) is 12.5. The molecule has 4 nitrogen and oxygen atoms in total. The van der Waals surface area contributed by atoms with Crippen LogP contribution in [-0.2, 0) is 14.3 Å². The lowest BCUT2D eigenvalue weighted by atomic mass is 10.00. The molecule has 4 heteroatoms. The van der Waals surface area contributed by atoms with Crippen LogP contribution < -0.4 is 4.74 Å². The van der Waals surface area contributed by atoms with Gasteiger partial charge in [0.05, 0.1) is 20.8 Å². The molecule has 1 unspecified atom stereocenters. The van der Waals surface area contributed by atoms with Crippen molar-refractivity contribution in [3.8, 4) is 5.75 Å². The van der Waals surface area contributed by atoms with Gasteiger partial charge in [-0.1, -0.05) is 12.1 Å². The molecular formula is C12H16O4. The van der Waals surface area contributed by atoms with Crippen LogP contribution in [-0.4, -0.2) is 33.9 Å². The van der Waals surface area contributed by atoms with E-state index in [9.17, 15) is 4.79 Å². The smallest absolute Gasteiger partial charge is 0.315 e. The van der Waals surface area contributed by atoms with Gasteiger partial charge in [-0.2, -0.15) is 0 Å². The Morgan fingerprint density at radius 3 is 2.62 bits per heavy atom. The van der Waals surface area contributed by atoms with Gasteiger partial charge in [-0.05, 0) is 17.7 Å². The molecule has 88 valence electrons. The number of methoxy groups -OCH3 is 3. The number of benzene rings is 1. The van der Waals surface area contributed by atoms with Gasteiger partial charge in [0.15, 0.2) is 0 Å². The molecule has 0 aliphatic heterocycles. The Kier molecular flexibility index (Phi) is 4.79. The van der Waals surface area contributed by atoms with Gasteiger partial charge in [0.1, 0.15) is 11.7 Å². The molecule has 1 aromatic carbocycles. The van der Waals surface area contributed by atoms with Crippen LogP contribution in [0.5, 0.6) is 5.75 Å². The summed E-state index contributed by atoms with van der Waals surface area (Å²) in [4.78, 5) is 11.6. The second-order valence-corrected chi connectivity index (χ2v) is 3.31. The van der Waals surface area contributed by atoms with Crippen molar-refractivity contribution in [3.05, 3.63) is 29.8 Å². The summed E-state index contributed by atoms with van der Waals surface area (Å²) in [7, 11) is 4.50. The first-order chi connectivity index (χ1) is 7.72. The Hall–Kier alpha value is -1.55. The molecular weight excluding hydrogens is 208 g/mol. The van der Waals surface area contributed by atoms with Gasteiger partial charge in [0, 0.05) is 7.11 Å². The van der Waals surface area contributed by atoms with Crippen molar-refractivity contribution in [1.29, 1.82) is 0 Å². The second kappa shape index (κ2) is 6.12. The van der Waals surface area contributed by atoms with E-state index in [0.717, 1.165) is 5.56 Å². The summed E-state index contributed by atoms with van der Waals surface area (Å²) in [5.41, 5.74) is 0.827. The molecule has 0 N–H and O–H groups in total. The normalized spacial score (nSPS) is 11.9. The summed E-state index contributed by atoms with van der Waals surface area (Å²) in [6.45, 7) is 0.292. The van der Waals surface area contributed by atoms with Crippen molar-refractivity contribution < 1.29 is 19.0 Å². The number of hydrogen-bond donors (Lipinski definition) is 0. The zero-order chi connectivity index (χ0) is 12.0. The zero-order valence-corrected chi connectivity index (χ0v) is 9.73. The Balaban J connectivity index is 2.95. The number of hydrogen-bond acceptors (Lipinski definition) is 4. The van der Waals surface area contributed by atoms with Crippen molar-refractivity contribution in [2.45, 2.75) is 5.92 Å². The summed E-state index contributed by atoms with van der Waals surface area (Å²) in [5, 5.41) is 0. The van der Waals surface area contributed by atoms with Crippen LogP contribution in [0.3, 0.4) is 0 Å². The van der Waals surface area contributed by atoms with Crippen LogP contribution in [0.15, 0.2) is 24.3 Å². The molecule has 0 amide bonds. The third kappa shape index (κ3) is 2.97.